The first-order valence-corrected chi connectivity index (χ1v) is 14.1. The molecule has 5 rings (SSSR count). The summed E-state index contributed by atoms with van der Waals surface area (Å²) in [5.41, 5.74) is 8.36. The SMILES string of the molecule is COC(=O)c1c(-c2cc(OC)c(OC)c(OC)c2)c2cc(OC)c(OCCc3ccccc3)cc2c(=O)n1-c1ccc(N)cc1.Cl. The summed E-state index contributed by atoms with van der Waals surface area (Å²) in [6, 6.07) is 23.3. The average Bonchev–Trinajstić information content (AvgIpc) is 3.07. The summed E-state index contributed by atoms with van der Waals surface area (Å²) in [7, 11) is 7.27. The lowest BCUT2D eigenvalue weighted by atomic mass is 9.95. The number of anilines is 1. The van der Waals surface area contributed by atoms with Gasteiger partial charge in [0, 0.05) is 28.7 Å². The van der Waals surface area contributed by atoms with Crippen LogP contribution in [0.4, 0.5) is 5.69 Å². The number of rotatable bonds is 11. The number of nitrogens with zero attached hydrogens (tertiary/aromatic N) is 1. The van der Waals surface area contributed by atoms with E-state index in [0.29, 0.717) is 69.7 Å². The van der Waals surface area contributed by atoms with Gasteiger partial charge in [-0.1, -0.05) is 30.3 Å². The van der Waals surface area contributed by atoms with Crippen LogP contribution in [0.5, 0.6) is 28.7 Å². The number of methoxy groups -OCH3 is 5. The van der Waals surface area contributed by atoms with Crippen molar-refractivity contribution in [2.45, 2.75) is 6.42 Å². The second-order valence-corrected chi connectivity index (χ2v) is 9.99. The Bertz CT molecular complexity index is 1880. The first kappa shape index (κ1) is 33.5. The second kappa shape index (κ2) is 14.6. The third-order valence-corrected chi connectivity index (χ3v) is 7.44. The van der Waals surface area contributed by atoms with Gasteiger partial charge < -0.3 is 34.2 Å². The first-order valence-electron chi connectivity index (χ1n) is 14.1. The highest BCUT2D eigenvalue weighted by Crippen LogP contribution is 2.45. The number of nitrogen functional groups attached to an aromatic ring is 1. The van der Waals surface area contributed by atoms with Crippen LogP contribution < -0.4 is 35.0 Å². The standard InChI is InChI=1S/C35H34N2O8.ClH/c1-40-27-19-25-26(20-28(27)45-16-15-21-9-7-6-8-10-21)34(38)37(24-13-11-23(36)12-14-24)32(35(39)44-5)31(25)22-17-29(41-2)33(43-4)30(18-22)42-3;/h6-14,17-20H,15-16,36H2,1-5H3;1H. The highest BCUT2D eigenvalue weighted by atomic mass is 35.5. The van der Waals surface area contributed by atoms with Gasteiger partial charge in [0.1, 0.15) is 5.69 Å². The van der Waals surface area contributed by atoms with Crippen molar-refractivity contribution in [2.24, 2.45) is 0 Å². The van der Waals surface area contributed by atoms with Crippen LogP contribution in [0.25, 0.3) is 27.6 Å². The van der Waals surface area contributed by atoms with Gasteiger partial charge in [0.05, 0.1) is 47.5 Å². The van der Waals surface area contributed by atoms with E-state index in [1.54, 1.807) is 48.5 Å². The zero-order valence-electron chi connectivity index (χ0n) is 26.1. The molecule has 0 saturated heterocycles. The molecule has 2 N–H and O–H groups in total. The molecule has 0 spiro atoms. The minimum absolute atomic E-state index is 0. The van der Waals surface area contributed by atoms with Crippen LogP contribution in [0.3, 0.4) is 0 Å². The molecule has 1 heterocycles. The molecule has 0 aliphatic rings. The van der Waals surface area contributed by atoms with Crippen molar-refractivity contribution >= 4 is 34.8 Å². The first-order chi connectivity index (χ1) is 21.8. The van der Waals surface area contributed by atoms with E-state index < -0.39 is 11.5 Å². The maximum atomic E-state index is 14.4. The van der Waals surface area contributed by atoms with Crippen LogP contribution in [0.1, 0.15) is 16.1 Å². The lowest BCUT2D eigenvalue weighted by molar-refractivity contribution is 0.0591. The predicted molar refractivity (Wildman–Crippen MR) is 180 cm³/mol. The molecule has 0 aliphatic carbocycles. The summed E-state index contributed by atoms with van der Waals surface area (Å²) < 4.78 is 35.3. The van der Waals surface area contributed by atoms with Gasteiger partial charge in [-0.15, -0.1) is 12.4 Å². The zero-order valence-corrected chi connectivity index (χ0v) is 26.9. The number of hydrogen-bond acceptors (Lipinski definition) is 9. The molecule has 4 aromatic carbocycles. The van der Waals surface area contributed by atoms with Crippen molar-refractivity contribution in [2.75, 3.05) is 47.9 Å². The molecule has 0 fully saturated rings. The van der Waals surface area contributed by atoms with E-state index in [4.69, 9.17) is 34.2 Å². The molecule has 0 aliphatic heterocycles. The topological polar surface area (TPSA) is 120 Å². The zero-order chi connectivity index (χ0) is 32.1. The van der Waals surface area contributed by atoms with Gasteiger partial charge >= 0.3 is 5.97 Å². The van der Waals surface area contributed by atoms with Crippen LogP contribution in [0, 0.1) is 0 Å². The Hall–Kier alpha value is -5.35. The van der Waals surface area contributed by atoms with Crippen molar-refractivity contribution < 1.29 is 33.2 Å². The van der Waals surface area contributed by atoms with Gasteiger partial charge in [-0.25, -0.2) is 4.79 Å². The Morgan fingerprint density at radius 2 is 1.35 bits per heavy atom. The van der Waals surface area contributed by atoms with Crippen LogP contribution >= 0.6 is 12.4 Å². The van der Waals surface area contributed by atoms with E-state index in [1.807, 2.05) is 30.3 Å². The molecular formula is C35H35ClN2O8. The van der Waals surface area contributed by atoms with Gasteiger partial charge in [-0.05, 0) is 59.7 Å². The minimum Gasteiger partial charge on any atom is -0.493 e. The van der Waals surface area contributed by atoms with Gasteiger partial charge in [-0.2, -0.15) is 0 Å². The lowest BCUT2D eigenvalue weighted by Gasteiger charge is -2.21. The number of pyridine rings is 1. The molecule has 11 heteroatoms. The van der Waals surface area contributed by atoms with E-state index in [9.17, 15) is 9.59 Å². The fourth-order valence-corrected chi connectivity index (χ4v) is 5.28. The molecule has 0 saturated carbocycles. The molecule has 0 amide bonds. The highest BCUT2D eigenvalue weighted by molar-refractivity contribution is 6.08. The molecule has 0 bridgehead atoms. The van der Waals surface area contributed by atoms with Gasteiger partial charge in [-0.3, -0.25) is 9.36 Å². The number of hydrogen-bond donors (Lipinski definition) is 1. The summed E-state index contributed by atoms with van der Waals surface area (Å²) >= 11 is 0. The summed E-state index contributed by atoms with van der Waals surface area (Å²) in [6.45, 7) is 0.345. The molecule has 1 aromatic heterocycles. The van der Waals surface area contributed by atoms with Crippen molar-refractivity contribution in [3.63, 3.8) is 0 Å². The monoisotopic (exact) mass is 646 g/mol. The van der Waals surface area contributed by atoms with Crippen LogP contribution in [0.2, 0.25) is 0 Å². The average molecular weight is 647 g/mol. The summed E-state index contributed by atoms with van der Waals surface area (Å²) in [5, 5.41) is 0.701. The van der Waals surface area contributed by atoms with Crippen molar-refractivity contribution in [3.8, 4) is 45.6 Å². The van der Waals surface area contributed by atoms with E-state index in [0.717, 1.165) is 5.56 Å². The smallest absolute Gasteiger partial charge is 0.355 e. The number of carbonyl (C=O) groups is 1. The Morgan fingerprint density at radius 3 is 1.91 bits per heavy atom. The Kier molecular flexibility index (Phi) is 10.7. The van der Waals surface area contributed by atoms with Crippen molar-refractivity contribution in [1.82, 2.24) is 4.57 Å². The van der Waals surface area contributed by atoms with Gasteiger partial charge in [0.25, 0.3) is 5.56 Å². The molecule has 46 heavy (non-hydrogen) atoms. The third-order valence-electron chi connectivity index (χ3n) is 7.44. The van der Waals surface area contributed by atoms with Crippen molar-refractivity contribution in [1.29, 1.82) is 0 Å². The largest absolute Gasteiger partial charge is 0.493 e. The number of benzene rings is 4. The summed E-state index contributed by atoms with van der Waals surface area (Å²) in [5.74, 6) is 1.10. The fraction of sp³-hybridized carbons (Fsp3) is 0.200. The van der Waals surface area contributed by atoms with Gasteiger partial charge in [0.2, 0.25) is 5.75 Å². The van der Waals surface area contributed by atoms with Crippen molar-refractivity contribution in [3.05, 3.63) is 100 Å². The normalized spacial score (nSPS) is 10.5. The number of aromatic nitrogens is 1. The van der Waals surface area contributed by atoms with E-state index in [2.05, 4.69) is 0 Å². The number of esters is 1. The molecule has 10 nitrogen and oxygen atoms in total. The van der Waals surface area contributed by atoms with Crippen LogP contribution in [-0.4, -0.2) is 52.7 Å². The Labute approximate surface area is 272 Å². The summed E-state index contributed by atoms with van der Waals surface area (Å²) in [4.78, 5) is 28.0. The summed E-state index contributed by atoms with van der Waals surface area (Å²) in [6.07, 6.45) is 0.648. The number of carbonyl (C=O) groups excluding carboxylic acids is 1. The molecule has 0 radical (unpaired) electrons. The van der Waals surface area contributed by atoms with Gasteiger partial charge in [0.15, 0.2) is 23.0 Å². The molecule has 0 atom stereocenters. The number of fused-ring (bicyclic) bond motifs is 1. The molecule has 0 unspecified atom stereocenters. The molecule has 5 aromatic rings. The Balaban J connectivity index is 0.00000480. The van der Waals surface area contributed by atoms with Crippen LogP contribution in [-0.2, 0) is 11.2 Å². The van der Waals surface area contributed by atoms with E-state index in [1.165, 1.54) is 40.1 Å². The maximum absolute atomic E-state index is 14.4. The highest BCUT2D eigenvalue weighted by Gasteiger charge is 2.28. The maximum Gasteiger partial charge on any atom is 0.355 e. The van der Waals surface area contributed by atoms with E-state index >= 15 is 0 Å². The quantitative estimate of drug-likeness (QED) is 0.134. The lowest BCUT2D eigenvalue weighted by Crippen LogP contribution is -2.27. The van der Waals surface area contributed by atoms with Crippen LogP contribution in [0.15, 0.2) is 83.7 Å². The van der Waals surface area contributed by atoms with E-state index in [-0.39, 0.29) is 23.5 Å². The molecule has 240 valence electrons. The number of ether oxygens (including phenoxy) is 6. The molecular weight excluding hydrogens is 612 g/mol. The minimum atomic E-state index is -0.739. The number of halogens is 1. The third kappa shape index (κ3) is 6.38. The Morgan fingerprint density at radius 1 is 0.739 bits per heavy atom. The second-order valence-electron chi connectivity index (χ2n) is 9.99. The number of nitrogens with two attached hydrogens (primary N) is 1. The fourth-order valence-electron chi connectivity index (χ4n) is 5.28. The predicted octanol–water partition coefficient (Wildman–Crippen LogP) is 6.10.